The van der Waals surface area contributed by atoms with Crippen LogP contribution in [0.3, 0.4) is 0 Å². The van der Waals surface area contributed by atoms with E-state index in [0.717, 1.165) is 35.1 Å². The molecule has 36 heavy (non-hydrogen) atoms. The number of aromatic nitrogens is 2. The summed E-state index contributed by atoms with van der Waals surface area (Å²) in [5, 5.41) is 10.6. The molecule has 5 aromatic rings. The Morgan fingerprint density at radius 1 is 0.972 bits per heavy atom. The third-order valence-electron chi connectivity index (χ3n) is 6.78. The second-order valence-corrected chi connectivity index (χ2v) is 9.01. The van der Waals surface area contributed by atoms with E-state index in [-0.39, 0.29) is 11.3 Å². The molecule has 0 amide bonds. The predicted octanol–water partition coefficient (Wildman–Crippen LogP) is 7.06. The molecule has 0 saturated carbocycles. The molecule has 0 aliphatic carbocycles. The Bertz CT molecular complexity index is 1530. The van der Waals surface area contributed by atoms with Crippen molar-refractivity contribution in [2.45, 2.75) is 18.9 Å². The number of H-pyrrole nitrogens is 1. The minimum absolute atomic E-state index is 0.104. The highest BCUT2D eigenvalue weighted by molar-refractivity contribution is 5.92. The fourth-order valence-corrected chi connectivity index (χ4v) is 5.01. The summed E-state index contributed by atoms with van der Waals surface area (Å²) in [4.78, 5) is 21.7. The van der Waals surface area contributed by atoms with Crippen LogP contribution in [0.2, 0.25) is 0 Å². The van der Waals surface area contributed by atoms with Crippen LogP contribution in [-0.4, -0.2) is 27.6 Å². The maximum atomic E-state index is 11.9. The molecule has 3 aromatic carbocycles. The van der Waals surface area contributed by atoms with Crippen molar-refractivity contribution in [3.05, 3.63) is 108 Å². The molecule has 2 aromatic heterocycles. The van der Waals surface area contributed by atoms with E-state index in [9.17, 15) is 9.90 Å². The molecule has 1 unspecified atom stereocenters. The second-order valence-electron chi connectivity index (χ2n) is 9.01. The van der Waals surface area contributed by atoms with Gasteiger partial charge in [-0.15, -0.1) is 0 Å². The van der Waals surface area contributed by atoms with Crippen molar-refractivity contribution in [3.8, 4) is 22.6 Å². The maximum absolute atomic E-state index is 11.9. The van der Waals surface area contributed by atoms with Crippen LogP contribution in [0.1, 0.15) is 34.8 Å². The standard InChI is InChI=1S/C30H25N3O3/c34-30(35)26-13-10-22(18-28(26)36-25-17-23-14-15-31-29(23)32-19-25)20-8-11-24(12-9-20)33-16-4-7-27(33)21-5-2-1-3-6-21/h1-3,5-6,8-15,17-19,27H,4,7,16H2,(H,31,32)(H,34,35). The van der Waals surface area contributed by atoms with Crippen LogP contribution in [0.15, 0.2) is 97.3 Å². The number of fused-ring (bicyclic) bond motifs is 1. The highest BCUT2D eigenvalue weighted by Crippen LogP contribution is 2.37. The number of nitrogens with one attached hydrogen (secondary N) is 1. The molecule has 0 bridgehead atoms. The Labute approximate surface area is 208 Å². The molecule has 178 valence electrons. The zero-order valence-electron chi connectivity index (χ0n) is 19.6. The molecule has 1 aliphatic heterocycles. The maximum Gasteiger partial charge on any atom is 0.339 e. The van der Waals surface area contributed by atoms with Crippen molar-refractivity contribution in [2.75, 3.05) is 11.4 Å². The van der Waals surface area contributed by atoms with Gasteiger partial charge in [-0.2, -0.15) is 0 Å². The normalized spacial score (nSPS) is 15.3. The van der Waals surface area contributed by atoms with Crippen LogP contribution >= 0.6 is 0 Å². The average molecular weight is 476 g/mol. The van der Waals surface area contributed by atoms with Gasteiger partial charge in [0.2, 0.25) is 0 Å². The van der Waals surface area contributed by atoms with Crippen molar-refractivity contribution in [3.63, 3.8) is 0 Å². The summed E-state index contributed by atoms with van der Waals surface area (Å²) in [5.41, 5.74) is 5.27. The van der Waals surface area contributed by atoms with Gasteiger partial charge in [-0.25, -0.2) is 9.78 Å². The van der Waals surface area contributed by atoms with Crippen molar-refractivity contribution >= 4 is 22.7 Å². The van der Waals surface area contributed by atoms with Crippen LogP contribution in [0.4, 0.5) is 5.69 Å². The van der Waals surface area contributed by atoms with E-state index < -0.39 is 5.97 Å². The number of hydrogen-bond acceptors (Lipinski definition) is 4. The number of carbonyl (C=O) groups is 1. The topological polar surface area (TPSA) is 78.4 Å². The summed E-state index contributed by atoms with van der Waals surface area (Å²) in [6.07, 6.45) is 5.71. The van der Waals surface area contributed by atoms with E-state index in [4.69, 9.17) is 4.74 Å². The molecule has 0 radical (unpaired) electrons. The minimum atomic E-state index is -1.04. The fourth-order valence-electron chi connectivity index (χ4n) is 5.01. The van der Waals surface area contributed by atoms with Crippen LogP contribution in [0, 0.1) is 0 Å². The van der Waals surface area contributed by atoms with Gasteiger partial charge >= 0.3 is 5.97 Å². The predicted molar refractivity (Wildman–Crippen MR) is 141 cm³/mol. The summed E-state index contributed by atoms with van der Waals surface area (Å²) in [7, 11) is 0. The van der Waals surface area contributed by atoms with E-state index in [1.54, 1.807) is 24.5 Å². The highest BCUT2D eigenvalue weighted by Gasteiger charge is 2.26. The Morgan fingerprint density at radius 3 is 2.58 bits per heavy atom. The molecule has 3 heterocycles. The highest BCUT2D eigenvalue weighted by atomic mass is 16.5. The summed E-state index contributed by atoms with van der Waals surface area (Å²) in [5.74, 6) is -0.272. The third-order valence-corrected chi connectivity index (χ3v) is 6.78. The van der Waals surface area contributed by atoms with Gasteiger partial charge in [-0.3, -0.25) is 0 Å². The summed E-state index contributed by atoms with van der Waals surface area (Å²) >= 11 is 0. The molecule has 1 saturated heterocycles. The first-order chi connectivity index (χ1) is 17.7. The molecule has 6 heteroatoms. The first-order valence-corrected chi connectivity index (χ1v) is 12.1. The minimum Gasteiger partial charge on any atom is -0.478 e. The molecule has 6 nitrogen and oxygen atoms in total. The fraction of sp³-hybridized carbons (Fsp3) is 0.133. The third kappa shape index (κ3) is 4.18. The van der Waals surface area contributed by atoms with E-state index >= 15 is 0 Å². The molecule has 2 N–H and O–H groups in total. The molecule has 1 aliphatic rings. The van der Waals surface area contributed by atoms with E-state index in [1.807, 2.05) is 18.2 Å². The van der Waals surface area contributed by atoms with Gasteiger partial charge in [-0.05, 0) is 65.9 Å². The number of rotatable bonds is 6. The first-order valence-electron chi connectivity index (χ1n) is 12.1. The van der Waals surface area contributed by atoms with Crippen molar-refractivity contribution in [1.82, 2.24) is 9.97 Å². The molecule has 1 atom stereocenters. The van der Waals surface area contributed by atoms with Crippen molar-refractivity contribution in [2.24, 2.45) is 0 Å². The average Bonchev–Trinajstić information content (AvgIpc) is 3.59. The van der Waals surface area contributed by atoms with E-state index in [2.05, 4.69) is 69.5 Å². The summed E-state index contributed by atoms with van der Waals surface area (Å²) in [6.45, 7) is 1.03. The number of nitrogens with zero attached hydrogens (tertiary/aromatic N) is 2. The Hall–Kier alpha value is -4.58. The lowest BCUT2D eigenvalue weighted by molar-refractivity contribution is 0.0694. The summed E-state index contributed by atoms with van der Waals surface area (Å²) in [6, 6.07) is 28.4. The number of carboxylic acid groups (broad SMARTS) is 1. The number of anilines is 1. The van der Waals surface area contributed by atoms with Crippen molar-refractivity contribution in [1.29, 1.82) is 0 Å². The molecule has 0 spiro atoms. The smallest absolute Gasteiger partial charge is 0.339 e. The van der Waals surface area contributed by atoms with Crippen molar-refractivity contribution < 1.29 is 14.6 Å². The number of aromatic carboxylic acids is 1. The van der Waals surface area contributed by atoms with Gasteiger partial charge in [0.05, 0.1) is 12.2 Å². The van der Waals surface area contributed by atoms with Gasteiger partial charge in [0.25, 0.3) is 0 Å². The van der Waals surface area contributed by atoms with Gasteiger partial charge in [0, 0.05) is 23.8 Å². The largest absolute Gasteiger partial charge is 0.478 e. The molecular weight excluding hydrogens is 450 g/mol. The number of hydrogen-bond donors (Lipinski definition) is 2. The number of ether oxygens (including phenoxy) is 1. The van der Waals surface area contributed by atoms with Crippen LogP contribution in [0.25, 0.3) is 22.2 Å². The zero-order valence-corrected chi connectivity index (χ0v) is 19.6. The lowest BCUT2D eigenvalue weighted by Crippen LogP contribution is -2.22. The SMILES string of the molecule is O=C(O)c1ccc(-c2ccc(N3CCCC3c3ccccc3)cc2)cc1Oc1cnc2[nH]ccc2c1. The number of pyridine rings is 1. The van der Waals surface area contributed by atoms with Gasteiger partial charge in [0.15, 0.2) is 0 Å². The van der Waals surface area contributed by atoms with Gasteiger partial charge in [0.1, 0.15) is 22.7 Å². The lowest BCUT2D eigenvalue weighted by Gasteiger charge is -2.27. The summed E-state index contributed by atoms with van der Waals surface area (Å²) < 4.78 is 6.01. The molecule has 6 rings (SSSR count). The first kappa shape index (κ1) is 21.9. The van der Waals surface area contributed by atoms with Gasteiger partial charge < -0.3 is 19.7 Å². The lowest BCUT2D eigenvalue weighted by atomic mass is 10.0. The Kier molecular flexibility index (Phi) is 5.62. The molecule has 1 fully saturated rings. The van der Waals surface area contributed by atoms with E-state index in [1.165, 1.54) is 17.7 Å². The van der Waals surface area contributed by atoms with Crippen LogP contribution in [-0.2, 0) is 0 Å². The number of aromatic amines is 1. The Morgan fingerprint density at radius 2 is 1.78 bits per heavy atom. The van der Waals surface area contributed by atoms with Gasteiger partial charge in [-0.1, -0.05) is 48.5 Å². The monoisotopic (exact) mass is 475 g/mol. The van der Waals surface area contributed by atoms with E-state index in [0.29, 0.717) is 11.8 Å². The van der Waals surface area contributed by atoms with Crippen LogP contribution < -0.4 is 9.64 Å². The quantitative estimate of drug-likeness (QED) is 0.275. The Balaban J connectivity index is 1.28. The van der Waals surface area contributed by atoms with Crippen LogP contribution in [0.5, 0.6) is 11.5 Å². The second kappa shape index (κ2) is 9.23. The zero-order chi connectivity index (χ0) is 24.5. The number of carboxylic acids is 1. The number of benzene rings is 3. The molecular formula is C30H25N3O3.